The highest BCUT2D eigenvalue weighted by molar-refractivity contribution is 6.38. The van der Waals surface area contributed by atoms with Crippen LogP contribution in [0, 0.1) is 0 Å². The summed E-state index contributed by atoms with van der Waals surface area (Å²) in [5.41, 5.74) is 4.09. The summed E-state index contributed by atoms with van der Waals surface area (Å²) in [4.78, 5) is 26.9. The average Bonchev–Trinajstić information content (AvgIpc) is 3.08. The van der Waals surface area contributed by atoms with Gasteiger partial charge in [-0.3, -0.25) is 0 Å². The molecule has 5 aromatic rings. The number of carbonyl (C=O) groups excluding carboxylic acids is 2. The van der Waals surface area contributed by atoms with Crippen molar-refractivity contribution in [3.63, 3.8) is 0 Å². The van der Waals surface area contributed by atoms with Crippen LogP contribution in [0.3, 0.4) is 0 Å². The minimum atomic E-state index is -0.803. The van der Waals surface area contributed by atoms with Crippen molar-refractivity contribution in [3.05, 3.63) is 163 Å². The van der Waals surface area contributed by atoms with Crippen LogP contribution in [0.2, 0.25) is 20.1 Å². The van der Waals surface area contributed by atoms with Crippen LogP contribution in [0.25, 0.3) is 0 Å². The molecule has 1 aliphatic rings. The summed E-state index contributed by atoms with van der Waals surface area (Å²) in [6.45, 7) is 0.497. The van der Waals surface area contributed by atoms with Crippen LogP contribution >= 0.6 is 46.4 Å². The Morgan fingerprint density at radius 1 is 0.521 bits per heavy atom. The number of esters is 2. The van der Waals surface area contributed by atoms with Crippen molar-refractivity contribution in [2.75, 3.05) is 0 Å². The van der Waals surface area contributed by atoms with Gasteiger partial charge in [0.1, 0.15) is 25.4 Å². The molecule has 5 aromatic carbocycles. The first-order valence-electron chi connectivity index (χ1n) is 15.1. The zero-order chi connectivity index (χ0) is 33.6. The van der Waals surface area contributed by atoms with Crippen molar-refractivity contribution in [2.45, 2.75) is 38.3 Å². The Labute approximate surface area is 298 Å². The van der Waals surface area contributed by atoms with Gasteiger partial charge in [-0.05, 0) is 46.5 Å². The molecule has 0 spiro atoms. The minimum Gasteiger partial charge on any atom is -0.486 e. The van der Waals surface area contributed by atoms with Crippen molar-refractivity contribution in [3.8, 4) is 11.5 Å². The van der Waals surface area contributed by atoms with E-state index in [-0.39, 0.29) is 55.9 Å². The van der Waals surface area contributed by atoms with Gasteiger partial charge in [-0.15, -0.1) is 0 Å². The molecule has 10 heteroatoms. The number of carbonyl (C=O) groups is 2. The second kappa shape index (κ2) is 15.3. The van der Waals surface area contributed by atoms with Gasteiger partial charge in [-0.2, -0.15) is 0 Å². The van der Waals surface area contributed by atoms with E-state index in [1.165, 1.54) is 24.3 Å². The van der Waals surface area contributed by atoms with E-state index in [0.717, 1.165) is 22.3 Å². The topological polar surface area (TPSA) is 71.1 Å². The average molecular weight is 722 g/mol. The fraction of sp³-hybridized carbons (Fsp3) is 0.158. The van der Waals surface area contributed by atoms with Crippen molar-refractivity contribution in [1.29, 1.82) is 0 Å². The van der Waals surface area contributed by atoms with E-state index in [4.69, 9.17) is 65.4 Å². The van der Waals surface area contributed by atoms with E-state index < -0.39 is 24.1 Å². The van der Waals surface area contributed by atoms with Gasteiger partial charge < -0.3 is 18.9 Å². The summed E-state index contributed by atoms with van der Waals surface area (Å²) < 4.78 is 23.6. The standard InChI is InChI=1S/C38H28Cl4O6/c39-29-15-27(16-30(40)35(29)45-21-23-9-3-1-4-10-23)37(43)47-33-19-25-13-7-8-14-26(25)20-34(33)48-38(44)28-17-31(41)36(32(42)18-28)46-22-24-11-5-2-6-12-24/h1-18,33-34H,19-22H2/t33-,34+. The van der Waals surface area contributed by atoms with Gasteiger partial charge in [0.15, 0.2) is 11.5 Å². The van der Waals surface area contributed by atoms with Gasteiger partial charge in [0.05, 0.1) is 31.2 Å². The number of ether oxygens (including phenoxy) is 4. The van der Waals surface area contributed by atoms with Crippen LogP contribution in [-0.2, 0) is 35.5 Å². The number of hydrogen-bond donors (Lipinski definition) is 0. The molecule has 0 unspecified atom stereocenters. The zero-order valence-corrected chi connectivity index (χ0v) is 28.4. The van der Waals surface area contributed by atoms with Gasteiger partial charge >= 0.3 is 11.9 Å². The predicted octanol–water partition coefficient (Wildman–Crippen LogP) is 10.0. The van der Waals surface area contributed by atoms with E-state index in [9.17, 15) is 9.59 Å². The molecule has 0 fully saturated rings. The van der Waals surface area contributed by atoms with Crippen LogP contribution in [0.4, 0.5) is 0 Å². The molecule has 0 radical (unpaired) electrons. The summed E-state index contributed by atoms with van der Waals surface area (Å²) >= 11 is 26.0. The first-order chi connectivity index (χ1) is 23.2. The molecule has 0 saturated carbocycles. The molecule has 0 heterocycles. The molecule has 0 aromatic heterocycles. The molecule has 0 amide bonds. The fourth-order valence-electron chi connectivity index (χ4n) is 5.39. The molecule has 0 saturated heterocycles. The monoisotopic (exact) mass is 720 g/mol. The van der Waals surface area contributed by atoms with Crippen molar-refractivity contribution >= 4 is 58.3 Å². The summed E-state index contributed by atoms with van der Waals surface area (Å²) in [5.74, 6) is -0.841. The van der Waals surface area contributed by atoms with Gasteiger partial charge in [-0.1, -0.05) is 131 Å². The maximum absolute atomic E-state index is 13.4. The van der Waals surface area contributed by atoms with Gasteiger partial charge in [0.2, 0.25) is 0 Å². The second-order valence-electron chi connectivity index (χ2n) is 11.2. The molecular formula is C38H28Cl4O6. The van der Waals surface area contributed by atoms with Crippen molar-refractivity contribution in [1.82, 2.24) is 0 Å². The van der Waals surface area contributed by atoms with Crippen molar-refractivity contribution in [2.24, 2.45) is 0 Å². The Bertz CT molecular complexity index is 1750. The third kappa shape index (κ3) is 8.08. The maximum Gasteiger partial charge on any atom is 0.338 e. The van der Waals surface area contributed by atoms with Crippen LogP contribution in [-0.4, -0.2) is 24.1 Å². The van der Waals surface area contributed by atoms with Crippen LogP contribution in [0.15, 0.2) is 109 Å². The third-order valence-electron chi connectivity index (χ3n) is 7.81. The Kier molecular flexibility index (Phi) is 10.8. The lowest BCUT2D eigenvalue weighted by molar-refractivity contribution is -0.0389. The molecule has 1 aliphatic carbocycles. The van der Waals surface area contributed by atoms with E-state index in [2.05, 4.69) is 0 Å². The lowest BCUT2D eigenvalue weighted by Gasteiger charge is -2.32. The normalized spacial score (nSPS) is 15.2. The van der Waals surface area contributed by atoms with Gasteiger partial charge in [0, 0.05) is 12.8 Å². The second-order valence-corrected chi connectivity index (χ2v) is 12.8. The van der Waals surface area contributed by atoms with Crippen LogP contribution in [0.1, 0.15) is 43.0 Å². The van der Waals surface area contributed by atoms with Gasteiger partial charge in [-0.25, -0.2) is 9.59 Å². The summed E-state index contributed by atoms with van der Waals surface area (Å²) in [6.07, 6.45) is -0.953. The Hall–Kier alpha value is -4.20. The number of rotatable bonds is 10. The number of fused-ring (bicyclic) bond motifs is 1. The highest BCUT2D eigenvalue weighted by Crippen LogP contribution is 2.37. The van der Waals surface area contributed by atoms with E-state index in [0.29, 0.717) is 12.8 Å². The molecule has 0 N–H and O–H groups in total. The van der Waals surface area contributed by atoms with E-state index >= 15 is 0 Å². The Morgan fingerprint density at radius 3 is 1.21 bits per heavy atom. The van der Waals surface area contributed by atoms with Crippen LogP contribution < -0.4 is 9.47 Å². The zero-order valence-electron chi connectivity index (χ0n) is 25.3. The smallest absolute Gasteiger partial charge is 0.338 e. The predicted molar refractivity (Wildman–Crippen MR) is 187 cm³/mol. The molecule has 0 aliphatic heterocycles. The van der Waals surface area contributed by atoms with Crippen LogP contribution in [0.5, 0.6) is 11.5 Å². The summed E-state index contributed by atoms with van der Waals surface area (Å²) in [7, 11) is 0. The van der Waals surface area contributed by atoms with E-state index in [1.54, 1.807) is 0 Å². The lowest BCUT2D eigenvalue weighted by atomic mass is 9.87. The lowest BCUT2D eigenvalue weighted by Crippen LogP contribution is -2.41. The SMILES string of the molecule is O=C(O[C@H]1Cc2ccccc2C[C@H]1OC(=O)c1cc(Cl)c(OCc2ccccc2)c(Cl)c1)c1cc(Cl)c(OCc2ccccc2)c(Cl)c1. The number of benzene rings is 5. The first-order valence-corrected chi connectivity index (χ1v) is 16.6. The minimum absolute atomic E-state index is 0.130. The van der Waals surface area contributed by atoms with Gasteiger partial charge in [0.25, 0.3) is 0 Å². The Morgan fingerprint density at radius 2 is 0.854 bits per heavy atom. The molecule has 2 atom stereocenters. The fourth-order valence-corrected chi connectivity index (χ4v) is 6.58. The Balaban J connectivity index is 1.17. The summed E-state index contributed by atoms with van der Waals surface area (Å²) in [6, 6.07) is 32.6. The molecule has 0 bridgehead atoms. The third-order valence-corrected chi connectivity index (χ3v) is 8.94. The van der Waals surface area contributed by atoms with Crippen molar-refractivity contribution < 1.29 is 28.5 Å². The summed E-state index contributed by atoms with van der Waals surface area (Å²) in [5, 5.41) is 0.638. The molecular weight excluding hydrogens is 694 g/mol. The highest BCUT2D eigenvalue weighted by atomic mass is 35.5. The largest absolute Gasteiger partial charge is 0.486 e. The number of halogens is 4. The number of hydrogen-bond acceptors (Lipinski definition) is 6. The molecule has 6 rings (SSSR count). The first kappa shape index (κ1) is 33.7. The quantitative estimate of drug-likeness (QED) is 0.134. The maximum atomic E-state index is 13.4. The highest BCUT2D eigenvalue weighted by Gasteiger charge is 2.35. The molecule has 244 valence electrons. The van der Waals surface area contributed by atoms with E-state index in [1.807, 2.05) is 84.9 Å². The molecule has 6 nitrogen and oxygen atoms in total. The molecule has 48 heavy (non-hydrogen) atoms.